The number of ether oxygens (including phenoxy) is 3. The minimum atomic E-state index is -1.16. The molecule has 3 heterocycles. The summed E-state index contributed by atoms with van der Waals surface area (Å²) in [5.74, 6) is 2.58. The zero-order valence-corrected chi connectivity index (χ0v) is 20.4. The highest BCUT2D eigenvalue weighted by Crippen LogP contribution is 2.41. The summed E-state index contributed by atoms with van der Waals surface area (Å²) in [7, 11) is -1.16. The number of hydrogen-bond acceptors (Lipinski definition) is 7. The number of nitrogens with zero attached hydrogens (tertiary/aromatic N) is 4. The average molecular weight is 493 g/mol. The molecule has 9 heteroatoms. The minimum absolute atomic E-state index is 0.420. The number of rotatable bonds is 6. The summed E-state index contributed by atoms with van der Waals surface area (Å²) in [6.45, 7) is 11.7. The third-order valence-electron chi connectivity index (χ3n) is 5.27. The summed E-state index contributed by atoms with van der Waals surface area (Å²) in [4.78, 5) is 13.6. The van der Waals surface area contributed by atoms with E-state index >= 15 is 0 Å². The lowest BCUT2D eigenvalue weighted by molar-refractivity contribution is 0.122. The highest BCUT2D eigenvalue weighted by Gasteiger charge is 2.28. The molecule has 2 aromatic rings. The van der Waals surface area contributed by atoms with Crippen LogP contribution in [-0.4, -0.2) is 57.7 Å². The molecule has 0 bridgehead atoms. The molecule has 162 valence electrons. The van der Waals surface area contributed by atoms with Crippen LogP contribution in [0.4, 0.5) is 17.3 Å². The quantitative estimate of drug-likeness (QED) is 0.436. The Morgan fingerprint density at radius 1 is 1.13 bits per heavy atom. The van der Waals surface area contributed by atoms with Crippen molar-refractivity contribution in [1.82, 2.24) is 9.97 Å². The van der Waals surface area contributed by atoms with Gasteiger partial charge in [0.25, 0.3) is 0 Å². The second kappa shape index (κ2) is 9.21. The highest BCUT2D eigenvalue weighted by molar-refractivity contribution is 9.10. The van der Waals surface area contributed by atoms with Gasteiger partial charge in [-0.3, -0.25) is 4.90 Å². The fraction of sp³-hybridized carbons (Fsp3) is 0.524. The van der Waals surface area contributed by atoms with Gasteiger partial charge in [0, 0.05) is 32.2 Å². The summed E-state index contributed by atoms with van der Waals surface area (Å²) < 4.78 is 18.9. The van der Waals surface area contributed by atoms with E-state index in [9.17, 15) is 0 Å². The lowest BCUT2D eigenvalue weighted by atomic mass is 10.2. The molecule has 30 heavy (non-hydrogen) atoms. The maximum absolute atomic E-state index is 6.20. The van der Waals surface area contributed by atoms with Crippen molar-refractivity contribution >= 4 is 41.3 Å². The lowest BCUT2D eigenvalue weighted by Gasteiger charge is -2.31. The number of fused-ring (bicyclic) bond motifs is 2. The normalized spacial score (nSPS) is 16.5. The number of anilines is 3. The molecule has 1 aromatic carbocycles. The molecule has 0 saturated carbocycles. The molecule has 7 nitrogen and oxygen atoms in total. The third kappa shape index (κ3) is 4.96. The van der Waals surface area contributed by atoms with Crippen LogP contribution in [-0.2, 0) is 16.1 Å². The molecule has 0 spiro atoms. The van der Waals surface area contributed by atoms with E-state index in [1.807, 2.05) is 12.1 Å². The summed E-state index contributed by atoms with van der Waals surface area (Å²) in [6, 6.07) is 7.16. The van der Waals surface area contributed by atoms with Crippen LogP contribution in [0.3, 0.4) is 0 Å². The molecule has 0 unspecified atom stereocenters. The van der Waals surface area contributed by atoms with Crippen LogP contribution in [0.1, 0.15) is 5.56 Å². The van der Waals surface area contributed by atoms with Crippen molar-refractivity contribution in [3.8, 4) is 5.75 Å². The van der Waals surface area contributed by atoms with Gasteiger partial charge in [0.1, 0.15) is 37.1 Å². The molecule has 1 saturated heterocycles. The summed E-state index contributed by atoms with van der Waals surface area (Å²) in [5, 5.41) is 0. The van der Waals surface area contributed by atoms with Crippen LogP contribution >= 0.6 is 15.9 Å². The van der Waals surface area contributed by atoms with Gasteiger partial charge in [0.05, 0.1) is 24.5 Å². The van der Waals surface area contributed by atoms with E-state index in [0.29, 0.717) is 26.6 Å². The molecular formula is C21H29BrN4O3Si. The van der Waals surface area contributed by atoms with Gasteiger partial charge in [0.15, 0.2) is 0 Å². The Labute approximate surface area is 187 Å². The number of halogens is 1. The molecule has 1 aromatic heterocycles. The largest absolute Gasteiger partial charge is 0.486 e. The average Bonchev–Trinajstić information content (AvgIpc) is 2.87. The second-order valence-corrected chi connectivity index (χ2v) is 15.3. The molecule has 2 aliphatic heterocycles. The molecule has 0 atom stereocenters. The Balaban J connectivity index is 1.67. The van der Waals surface area contributed by atoms with E-state index in [4.69, 9.17) is 14.2 Å². The first-order valence-electron chi connectivity index (χ1n) is 10.4. The first-order valence-corrected chi connectivity index (χ1v) is 14.9. The summed E-state index contributed by atoms with van der Waals surface area (Å²) >= 11 is 3.60. The van der Waals surface area contributed by atoms with Crippen molar-refractivity contribution in [2.45, 2.75) is 32.3 Å². The third-order valence-corrected chi connectivity index (χ3v) is 7.46. The van der Waals surface area contributed by atoms with E-state index in [-0.39, 0.29) is 0 Å². The van der Waals surface area contributed by atoms with E-state index < -0.39 is 8.07 Å². The van der Waals surface area contributed by atoms with Gasteiger partial charge in [-0.15, -0.1) is 0 Å². The van der Waals surface area contributed by atoms with Gasteiger partial charge in [-0.1, -0.05) is 35.6 Å². The molecule has 2 aliphatic rings. The molecule has 0 N–H and O–H groups in total. The number of aromatic nitrogens is 2. The van der Waals surface area contributed by atoms with Crippen LogP contribution in [0.5, 0.6) is 5.75 Å². The number of benzene rings is 1. The van der Waals surface area contributed by atoms with Crippen molar-refractivity contribution in [3.63, 3.8) is 0 Å². The van der Waals surface area contributed by atoms with Crippen molar-refractivity contribution < 1.29 is 14.2 Å². The first-order chi connectivity index (χ1) is 14.4. The standard InChI is InChI=1S/C21H29BrN4O3Si/c1-30(2,3)11-10-28-15-26-18-12-16(22)4-5-19(18)29-13-17-20(23-14-24-21(17)26)25-6-8-27-9-7-25/h4-5,12,14H,6-11,13,15H2,1-3H3. The smallest absolute Gasteiger partial charge is 0.147 e. The Bertz CT molecular complexity index is 887. The Hall–Kier alpha value is -1.68. The van der Waals surface area contributed by atoms with Gasteiger partial charge in [-0.05, 0) is 24.2 Å². The Morgan fingerprint density at radius 2 is 1.90 bits per heavy atom. The van der Waals surface area contributed by atoms with Crippen LogP contribution in [0.2, 0.25) is 25.7 Å². The van der Waals surface area contributed by atoms with E-state index in [1.165, 1.54) is 0 Å². The van der Waals surface area contributed by atoms with Crippen LogP contribution in [0.15, 0.2) is 29.0 Å². The number of hydrogen-bond donors (Lipinski definition) is 0. The van der Waals surface area contributed by atoms with Crippen molar-refractivity contribution in [3.05, 3.63) is 34.6 Å². The molecule has 0 radical (unpaired) electrons. The lowest BCUT2D eigenvalue weighted by Crippen LogP contribution is -2.38. The Morgan fingerprint density at radius 3 is 2.67 bits per heavy atom. The molecule has 0 amide bonds. The van der Waals surface area contributed by atoms with Crippen molar-refractivity contribution in [2.75, 3.05) is 49.4 Å². The second-order valence-electron chi connectivity index (χ2n) is 8.78. The molecule has 4 rings (SSSR count). The Kier molecular flexibility index (Phi) is 6.62. The van der Waals surface area contributed by atoms with Gasteiger partial charge >= 0.3 is 0 Å². The van der Waals surface area contributed by atoms with Gasteiger partial charge in [-0.2, -0.15) is 0 Å². The monoisotopic (exact) mass is 492 g/mol. The van der Waals surface area contributed by atoms with Gasteiger partial charge in [0.2, 0.25) is 0 Å². The maximum Gasteiger partial charge on any atom is 0.147 e. The van der Waals surface area contributed by atoms with Crippen molar-refractivity contribution in [1.29, 1.82) is 0 Å². The topological polar surface area (TPSA) is 60.0 Å². The van der Waals surface area contributed by atoms with Crippen LogP contribution in [0, 0.1) is 0 Å². The molecule has 0 aliphatic carbocycles. The predicted octanol–water partition coefficient (Wildman–Crippen LogP) is 4.42. The summed E-state index contributed by atoms with van der Waals surface area (Å²) in [5.41, 5.74) is 1.93. The van der Waals surface area contributed by atoms with Gasteiger partial charge < -0.3 is 19.1 Å². The number of morpholine rings is 1. The molecular weight excluding hydrogens is 464 g/mol. The van der Waals surface area contributed by atoms with E-state index in [0.717, 1.165) is 58.8 Å². The predicted molar refractivity (Wildman–Crippen MR) is 125 cm³/mol. The first kappa shape index (κ1) is 21.5. The van der Waals surface area contributed by atoms with Crippen LogP contribution < -0.4 is 14.5 Å². The van der Waals surface area contributed by atoms with E-state index in [2.05, 4.69) is 61.4 Å². The van der Waals surface area contributed by atoms with E-state index in [1.54, 1.807) is 6.33 Å². The summed E-state index contributed by atoms with van der Waals surface area (Å²) in [6.07, 6.45) is 1.64. The van der Waals surface area contributed by atoms with Crippen molar-refractivity contribution in [2.24, 2.45) is 0 Å². The fourth-order valence-electron chi connectivity index (χ4n) is 3.56. The van der Waals surface area contributed by atoms with Gasteiger partial charge in [-0.25, -0.2) is 9.97 Å². The minimum Gasteiger partial charge on any atom is -0.486 e. The fourth-order valence-corrected chi connectivity index (χ4v) is 4.66. The zero-order valence-electron chi connectivity index (χ0n) is 17.9. The maximum atomic E-state index is 6.20. The highest BCUT2D eigenvalue weighted by atomic mass is 79.9. The molecule has 1 fully saturated rings. The van der Waals surface area contributed by atoms with Crippen LogP contribution in [0.25, 0.3) is 0 Å². The zero-order chi connectivity index (χ0) is 21.1. The SMILES string of the molecule is C[Si](C)(C)CCOCN1c2cc(Br)ccc2OCc2c(N3CCOCC3)ncnc21.